The van der Waals surface area contributed by atoms with Crippen molar-refractivity contribution in [1.82, 2.24) is 5.32 Å². The van der Waals surface area contributed by atoms with Gasteiger partial charge in [-0.15, -0.1) is 0 Å². The van der Waals surface area contributed by atoms with Gasteiger partial charge < -0.3 is 24.3 Å². The third-order valence-corrected chi connectivity index (χ3v) is 3.95. The molecule has 2 fully saturated rings. The molecule has 1 N–H and O–H groups in total. The largest absolute Gasteiger partial charge is 0.356 e. The van der Waals surface area contributed by atoms with E-state index in [2.05, 4.69) is 5.32 Å². The van der Waals surface area contributed by atoms with Gasteiger partial charge in [0.25, 0.3) is 0 Å². The van der Waals surface area contributed by atoms with Gasteiger partial charge in [0.2, 0.25) is 5.91 Å². The number of hydrogen-bond donors (Lipinski definition) is 1. The maximum Gasteiger partial charge on any atom is 0.217 e. The minimum Gasteiger partial charge on any atom is -0.356 e. The third-order valence-electron chi connectivity index (χ3n) is 3.95. The standard InChI is InChI=1S/C16H21NO5/c1-10(18)17-12-8-14(19-2)21-13-9-20-16(22-15(12)13)11-6-4-3-5-7-11/h3-7,12-16H,8-9H2,1-2H3,(H,17,18)/t12-,13-,14+,15+,16?/m1/s1. The van der Waals surface area contributed by atoms with Crippen molar-refractivity contribution in [3.8, 4) is 0 Å². The predicted molar refractivity (Wildman–Crippen MR) is 77.9 cm³/mol. The van der Waals surface area contributed by atoms with Crippen LogP contribution in [-0.4, -0.2) is 44.2 Å². The Balaban J connectivity index is 1.75. The molecular formula is C16H21NO5. The normalized spacial score (nSPS) is 34.7. The summed E-state index contributed by atoms with van der Waals surface area (Å²) in [6, 6.07) is 9.59. The summed E-state index contributed by atoms with van der Waals surface area (Å²) in [4.78, 5) is 11.5. The molecule has 1 aromatic rings. The highest BCUT2D eigenvalue weighted by atomic mass is 16.7. The van der Waals surface area contributed by atoms with Crippen LogP contribution in [0.5, 0.6) is 0 Å². The summed E-state index contributed by atoms with van der Waals surface area (Å²) < 4.78 is 22.9. The first-order chi connectivity index (χ1) is 10.7. The summed E-state index contributed by atoms with van der Waals surface area (Å²) >= 11 is 0. The van der Waals surface area contributed by atoms with E-state index in [-0.39, 0.29) is 30.4 Å². The van der Waals surface area contributed by atoms with Gasteiger partial charge >= 0.3 is 0 Å². The van der Waals surface area contributed by atoms with Crippen LogP contribution in [0.2, 0.25) is 0 Å². The highest BCUT2D eigenvalue weighted by Gasteiger charge is 2.44. The molecule has 1 unspecified atom stereocenters. The van der Waals surface area contributed by atoms with Gasteiger partial charge in [0, 0.05) is 26.0 Å². The summed E-state index contributed by atoms with van der Waals surface area (Å²) in [6.07, 6.45) is -0.761. The molecule has 2 heterocycles. The van der Waals surface area contributed by atoms with E-state index in [0.717, 1.165) is 5.56 Å². The fourth-order valence-electron chi connectivity index (χ4n) is 2.95. The van der Waals surface area contributed by atoms with Crippen molar-refractivity contribution in [1.29, 1.82) is 0 Å². The lowest BCUT2D eigenvalue weighted by molar-refractivity contribution is -0.319. The molecule has 0 aromatic heterocycles. The Labute approximate surface area is 129 Å². The average Bonchev–Trinajstić information content (AvgIpc) is 2.54. The molecule has 0 saturated carbocycles. The highest BCUT2D eigenvalue weighted by Crippen LogP contribution is 2.33. The number of carbonyl (C=O) groups excluding carboxylic acids is 1. The molecule has 0 radical (unpaired) electrons. The molecule has 6 nitrogen and oxygen atoms in total. The molecule has 0 spiro atoms. The Kier molecular flexibility index (Phi) is 4.73. The Bertz CT molecular complexity index is 509. The quantitative estimate of drug-likeness (QED) is 0.913. The molecule has 2 saturated heterocycles. The van der Waals surface area contributed by atoms with Crippen LogP contribution in [0, 0.1) is 0 Å². The van der Waals surface area contributed by atoms with Crippen LogP contribution < -0.4 is 5.32 Å². The van der Waals surface area contributed by atoms with Gasteiger partial charge in [0.1, 0.15) is 12.2 Å². The van der Waals surface area contributed by atoms with Crippen molar-refractivity contribution < 1.29 is 23.7 Å². The zero-order valence-corrected chi connectivity index (χ0v) is 12.7. The van der Waals surface area contributed by atoms with Crippen LogP contribution in [0.1, 0.15) is 25.2 Å². The maximum absolute atomic E-state index is 11.5. The van der Waals surface area contributed by atoms with E-state index in [1.807, 2.05) is 30.3 Å². The molecule has 1 aromatic carbocycles. The Hall–Kier alpha value is -1.47. The number of benzene rings is 1. The first kappa shape index (κ1) is 15.4. The summed E-state index contributed by atoms with van der Waals surface area (Å²) in [5.74, 6) is -0.0909. The van der Waals surface area contributed by atoms with Gasteiger partial charge in [-0.1, -0.05) is 30.3 Å². The number of amides is 1. The van der Waals surface area contributed by atoms with E-state index < -0.39 is 6.29 Å². The van der Waals surface area contributed by atoms with E-state index in [4.69, 9.17) is 18.9 Å². The van der Waals surface area contributed by atoms with E-state index in [1.165, 1.54) is 6.92 Å². The molecular weight excluding hydrogens is 286 g/mol. The number of rotatable bonds is 3. The average molecular weight is 307 g/mol. The molecule has 3 rings (SSSR count). The SMILES string of the molecule is CO[C@@H]1C[C@@H](NC(C)=O)[C@@H]2OC(c3ccccc3)OC[C@H]2O1. The molecule has 1 amide bonds. The molecule has 0 aliphatic carbocycles. The van der Waals surface area contributed by atoms with Gasteiger partial charge in [0.05, 0.1) is 12.6 Å². The summed E-state index contributed by atoms with van der Waals surface area (Å²) in [5.41, 5.74) is 0.955. The Morgan fingerprint density at radius 3 is 2.73 bits per heavy atom. The van der Waals surface area contributed by atoms with Crippen LogP contribution in [0.4, 0.5) is 0 Å². The lowest BCUT2D eigenvalue weighted by atomic mass is 9.97. The minimum atomic E-state index is -0.443. The number of nitrogens with one attached hydrogen (secondary N) is 1. The van der Waals surface area contributed by atoms with Crippen molar-refractivity contribution in [2.75, 3.05) is 13.7 Å². The number of hydrogen-bond acceptors (Lipinski definition) is 5. The molecule has 2 aliphatic rings. The minimum absolute atomic E-state index is 0.0909. The third kappa shape index (κ3) is 3.30. The van der Waals surface area contributed by atoms with Crippen molar-refractivity contribution in [2.24, 2.45) is 0 Å². The van der Waals surface area contributed by atoms with Gasteiger partial charge in [-0.25, -0.2) is 0 Å². The topological polar surface area (TPSA) is 66.0 Å². The molecule has 5 atom stereocenters. The number of carbonyl (C=O) groups is 1. The fourth-order valence-corrected chi connectivity index (χ4v) is 2.95. The predicted octanol–water partition coefficient (Wildman–Crippen LogP) is 1.37. The van der Waals surface area contributed by atoms with Gasteiger partial charge in [-0.3, -0.25) is 4.79 Å². The van der Waals surface area contributed by atoms with Gasteiger partial charge in [-0.05, 0) is 0 Å². The molecule has 2 aliphatic heterocycles. The zero-order valence-electron chi connectivity index (χ0n) is 12.7. The van der Waals surface area contributed by atoms with E-state index in [9.17, 15) is 4.79 Å². The highest BCUT2D eigenvalue weighted by molar-refractivity contribution is 5.73. The molecule has 22 heavy (non-hydrogen) atoms. The van der Waals surface area contributed by atoms with Crippen LogP contribution in [0.25, 0.3) is 0 Å². The lowest BCUT2D eigenvalue weighted by Crippen LogP contribution is -2.60. The summed E-state index contributed by atoms with van der Waals surface area (Å²) in [5, 5.41) is 2.94. The van der Waals surface area contributed by atoms with E-state index >= 15 is 0 Å². The van der Waals surface area contributed by atoms with Crippen molar-refractivity contribution >= 4 is 5.91 Å². The second-order valence-corrected chi connectivity index (χ2v) is 5.56. The summed E-state index contributed by atoms with van der Waals surface area (Å²) in [6.45, 7) is 1.90. The van der Waals surface area contributed by atoms with Crippen LogP contribution >= 0.6 is 0 Å². The monoisotopic (exact) mass is 307 g/mol. The van der Waals surface area contributed by atoms with Gasteiger partial charge in [0.15, 0.2) is 12.6 Å². The molecule has 120 valence electrons. The number of ether oxygens (including phenoxy) is 4. The lowest BCUT2D eigenvalue weighted by Gasteiger charge is -2.45. The number of methoxy groups -OCH3 is 1. The van der Waals surface area contributed by atoms with Crippen LogP contribution in [0.3, 0.4) is 0 Å². The fraction of sp³-hybridized carbons (Fsp3) is 0.562. The Morgan fingerprint density at radius 2 is 2.05 bits per heavy atom. The van der Waals surface area contributed by atoms with Crippen LogP contribution in [-0.2, 0) is 23.7 Å². The van der Waals surface area contributed by atoms with Crippen LogP contribution in [0.15, 0.2) is 30.3 Å². The second kappa shape index (κ2) is 6.75. The maximum atomic E-state index is 11.5. The van der Waals surface area contributed by atoms with E-state index in [0.29, 0.717) is 13.0 Å². The number of fused-ring (bicyclic) bond motifs is 1. The molecule has 6 heteroatoms. The van der Waals surface area contributed by atoms with Crippen molar-refractivity contribution in [3.63, 3.8) is 0 Å². The first-order valence-electron chi connectivity index (χ1n) is 7.44. The smallest absolute Gasteiger partial charge is 0.217 e. The summed E-state index contributed by atoms with van der Waals surface area (Å²) in [7, 11) is 1.59. The van der Waals surface area contributed by atoms with Crippen molar-refractivity contribution in [2.45, 2.75) is 44.2 Å². The first-order valence-corrected chi connectivity index (χ1v) is 7.44. The second-order valence-electron chi connectivity index (χ2n) is 5.56. The Morgan fingerprint density at radius 1 is 1.27 bits per heavy atom. The van der Waals surface area contributed by atoms with Gasteiger partial charge in [-0.2, -0.15) is 0 Å². The zero-order chi connectivity index (χ0) is 15.5. The van der Waals surface area contributed by atoms with Crippen molar-refractivity contribution in [3.05, 3.63) is 35.9 Å². The van der Waals surface area contributed by atoms with E-state index in [1.54, 1.807) is 7.11 Å². The molecule has 0 bridgehead atoms.